The Morgan fingerprint density at radius 3 is 2.72 bits per heavy atom. The van der Waals surface area contributed by atoms with Gasteiger partial charge in [-0.2, -0.15) is 0 Å². The Hall–Kier alpha value is -3.48. The van der Waals surface area contributed by atoms with Gasteiger partial charge in [-0.15, -0.1) is 0 Å². The van der Waals surface area contributed by atoms with Crippen molar-refractivity contribution in [3.8, 4) is 0 Å². The van der Waals surface area contributed by atoms with Crippen LogP contribution in [0.1, 0.15) is 23.0 Å². The SMILES string of the molecule is O=C(Nc1ncnc2c1ncn2C1CC(O)C(CO)O1)c1ccc([N+](=O)[O-])cc1. The number of aromatic nitrogens is 4. The summed E-state index contributed by atoms with van der Waals surface area (Å²) in [5.74, 6) is -0.350. The van der Waals surface area contributed by atoms with Crippen molar-refractivity contribution in [2.45, 2.75) is 24.9 Å². The zero-order valence-electron chi connectivity index (χ0n) is 14.9. The first-order valence-electron chi connectivity index (χ1n) is 8.65. The molecule has 0 spiro atoms. The van der Waals surface area contributed by atoms with Crippen LogP contribution in [-0.2, 0) is 4.74 Å². The topological polar surface area (TPSA) is 166 Å². The number of nitro benzene ring substituents is 1. The Bertz CT molecular complexity index is 1070. The number of hydrogen-bond donors (Lipinski definition) is 3. The molecular weight excluding hydrogens is 384 g/mol. The number of hydrogen-bond acceptors (Lipinski definition) is 9. The number of anilines is 1. The third-order valence-electron chi connectivity index (χ3n) is 4.63. The monoisotopic (exact) mass is 400 g/mol. The van der Waals surface area contributed by atoms with Crippen molar-refractivity contribution in [2.24, 2.45) is 0 Å². The maximum absolute atomic E-state index is 12.5. The first kappa shape index (κ1) is 18.9. The summed E-state index contributed by atoms with van der Waals surface area (Å²) in [6.07, 6.45) is 0.885. The van der Waals surface area contributed by atoms with Gasteiger partial charge in [0.05, 0.1) is 24.0 Å². The molecule has 150 valence electrons. The van der Waals surface area contributed by atoms with Gasteiger partial charge >= 0.3 is 0 Å². The van der Waals surface area contributed by atoms with Crippen LogP contribution in [0.3, 0.4) is 0 Å². The molecule has 29 heavy (non-hydrogen) atoms. The second-order valence-corrected chi connectivity index (χ2v) is 6.42. The third kappa shape index (κ3) is 3.51. The maximum Gasteiger partial charge on any atom is 0.269 e. The molecule has 4 rings (SSSR count). The molecule has 3 aromatic rings. The van der Waals surface area contributed by atoms with Gasteiger partial charge in [0.2, 0.25) is 0 Å². The summed E-state index contributed by atoms with van der Waals surface area (Å²) in [7, 11) is 0. The number of nitro groups is 1. The van der Waals surface area contributed by atoms with Gasteiger partial charge in [0.15, 0.2) is 17.0 Å². The molecule has 1 aromatic carbocycles. The predicted octanol–water partition coefficient (Wildman–Crippen LogP) is 0.627. The summed E-state index contributed by atoms with van der Waals surface area (Å²) in [5, 5.41) is 32.5. The summed E-state index contributed by atoms with van der Waals surface area (Å²) in [6.45, 7) is -0.310. The number of non-ortho nitro benzene ring substituents is 1. The lowest BCUT2D eigenvalue weighted by Crippen LogP contribution is -2.24. The number of amides is 1. The number of fused-ring (bicyclic) bond motifs is 1. The van der Waals surface area contributed by atoms with E-state index in [0.717, 1.165) is 0 Å². The second-order valence-electron chi connectivity index (χ2n) is 6.42. The van der Waals surface area contributed by atoms with E-state index >= 15 is 0 Å². The molecule has 1 aliphatic rings. The summed E-state index contributed by atoms with van der Waals surface area (Å²) < 4.78 is 7.21. The highest BCUT2D eigenvalue weighted by Gasteiger charge is 2.35. The molecule has 1 saturated heterocycles. The van der Waals surface area contributed by atoms with E-state index in [-0.39, 0.29) is 30.1 Å². The van der Waals surface area contributed by atoms with Crippen molar-refractivity contribution in [1.82, 2.24) is 19.5 Å². The van der Waals surface area contributed by atoms with Crippen LogP contribution in [0.2, 0.25) is 0 Å². The fraction of sp³-hybridized carbons (Fsp3) is 0.294. The number of rotatable bonds is 5. The van der Waals surface area contributed by atoms with E-state index in [4.69, 9.17) is 4.74 Å². The molecule has 0 aliphatic carbocycles. The highest BCUT2D eigenvalue weighted by atomic mass is 16.6. The Labute approximate surface area is 162 Å². The van der Waals surface area contributed by atoms with E-state index in [1.54, 1.807) is 4.57 Å². The van der Waals surface area contributed by atoms with Crippen molar-refractivity contribution in [2.75, 3.05) is 11.9 Å². The fourth-order valence-electron chi connectivity index (χ4n) is 3.12. The Morgan fingerprint density at radius 2 is 2.07 bits per heavy atom. The maximum atomic E-state index is 12.5. The van der Waals surface area contributed by atoms with Gasteiger partial charge in [-0.3, -0.25) is 19.5 Å². The lowest BCUT2D eigenvalue weighted by Gasteiger charge is -2.13. The van der Waals surface area contributed by atoms with Crippen LogP contribution in [0.15, 0.2) is 36.9 Å². The van der Waals surface area contributed by atoms with E-state index in [0.29, 0.717) is 11.2 Å². The molecule has 3 atom stereocenters. The average Bonchev–Trinajstić information content (AvgIpc) is 3.31. The first-order chi connectivity index (χ1) is 14.0. The van der Waals surface area contributed by atoms with Crippen LogP contribution < -0.4 is 5.32 Å². The minimum atomic E-state index is -0.814. The number of nitrogens with zero attached hydrogens (tertiary/aromatic N) is 5. The van der Waals surface area contributed by atoms with Gasteiger partial charge in [0.1, 0.15) is 18.7 Å². The quantitative estimate of drug-likeness (QED) is 0.411. The smallest absolute Gasteiger partial charge is 0.269 e. The highest BCUT2D eigenvalue weighted by molar-refractivity contribution is 6.06. The lowest BCUT2D eigenvalue weighted by molar-refractivity contribution is -0.384. The molecular formula is C17H16N6O6. The van der Waals surface area contributed by atoms with Crippen LogP contribution in [0.25, 0.3) is 11.2 Å². The van der Waals surface area contributed by atoms with E-state index in [2.05, 4.69) is 20.3 Å². The summed E-state index contributed by atoms with van der Waals surface area (Å²) in [5.41, 5.74) is 0.794. The zero-order valence-corrected chi connectivity index (χ0v) is 14.9. The number of ether oxygens (including phenoxy) is 1. The normalized spacial score (nSPS) is 21.4. The standard InChI is InChI=1S/C17H16N6O6/c24-6-12-11(25)5-13(29-12)22-8-20-14-15(18-7-19-16(14)22)21-17(26)9-1-3-10(4-2-9)23(27)28/h1-4,7-8,11-13,24-25H,5-6H2,(H,18,19,21,26). The summed E-state index contributed by atoms with van der Waals surface area (Å²) >= 11 is 0. The van der Waals surface area contributed by atoms with Crippen LogP contribution in [0.5, 0.6) is 0 Å². The number of nitrogens with one attached hydrogen (secondary N) is 1. The largest absolute Gasteiger partial charge is 0.394 e. The van der Waals surface area contributed by atoms with Gasteiger partial charge in [-0.05, 0) is 12.1 Å². The van der Waals surface area contributed by atoms with Gasteiger partial charge < -0.3 is 20.3 Å². The van der Waals surface area contributed by atoms with Crippen LogP contribution in [-0.4, -0.2) is 59.4 Å². The zero-order chi connectivity index (χ0) is 20.5. The minimum absolute atomic E-state index is 0.121. The lowest BCUT2D eigenvalue weighted by atomic mass is 10.2. The number of carbonyl (C=O) groups is 1. The molecule has 1 aliphatic heterocycles. The molecule has 12 nitrogen and oxygen atoms in total. The predicted molar refractivity (Wildman–Crippen MR) is 98.0 cm³/mol. The van der Waals surface area contributed by atoms with Gasteiger partial charge in [-0.25, -0.2) is 15.0 Å². The molecule has 0 radical (unpaired) electrons. The average molecular weight is 400 g/mol. The van der Waals surface area contributed by atoms with Crippen molar-refractivity contribution in [1.29, 1.82) is 0 Å². The Kier molecular flexibility index (Phi) is 4.88. The van der Waals surface area contributed by atoms with Gasteiger partial charge in [0, 0.05) is 24.1 Å². The number of carbonyl (C=O) groups excluding carboxylic acids is 1. The number of imidazole rings is 1. The molecule has 3 unspecified atom stereocenters. The van der Waals surface area contributed by atoms with Crippen molar-refractivity contribution in [3.63, 3.8) is 0 Å². The molecule has 0 saturated carbocycles. The van der Waals surface area contributed by atoms with Crippen LogP contribution in [0, 0.1) is 10.1 Å². The second kappa shape index (κ2) is 7.50. The fourth-order valence-corrected chi connectivity index (χ4v) is 3.12. The van der Waals surface area contributed by atoms with Gasteiger partial charge in [-0.1, -0.05) is 0 Å². The Balaban J connectivity index is 1.58. The van der Waals surface area contributed by atoms with E-state index < -0.39 is 29.3 Å². The number of aliphatic hydroxyl groups excluding tert-OH is 2. The molecule has 0 bridgehead atoms. The number of aliphatic hydroxyl groups is 2. The van der Waals surface area contributed by atoms with E-state index in [1.807, 2.05) is 0 Å². The molecule has 1 amide bonds. The van der Waals surface area contributed by atoms with Crippen molar-refractivity contribution < 1.29 is 24.7 Å². The molecule has 12 heteroatoms. The molecule has 3 N–H and O–H groups in total. The molecule has 1 fully saturated rings. The van der Waals surface area contributed by atoms with E-state index in [9.17, 15) is 25.1 Å². The highest BCUT2D eigenvalue weighted by Crippen LogP contribution is 2.31. The minimum Gasteiger partial charge on any atom is -0.394 e. The first-order valence-corrected chi connectivity index (χ1v) is 8.65. The summed E-state index contributed by atoms with van der Waals surface area (Å²) in [6, 6.07) is 5.15. The molecule has 2 aromatic heterocycles. The summed E-state index contributed by atoms with van der Waals surface area (Å²) in [4.78, 5) is 35.1. The molecule has 3 heterocycles. The van der Waals surface area contributed by atoms with E-state index in [1.165, 1.54) is 36.9 Å². The van der Waals surface area contributed by atoms with Crippen LogP contribution in [0.4, 0.5) is 11.5 Å². The Morgan fingerprint density at radius 1 is 1.31 bits per heavy atom. The number of benzene rings is 1. The van der Waals surface area contributed by atoms with Crippen LogP contribution >= 0.6 is 0 Å². The van der Waals surface area contributed by atoms with Gasteiger partial charge in [0.25, 0.3) is 11.6 Å². The van der Waals surface area contributed by atoms with Crippen molar-refractivity contribution >= 4 is 28.6 Å². The third-order valence-corrected chi connectivity index (χ3v) is 4.63. The van der Waals surface area contributed by atoms with Crippen molar-refractivity contribution in [3.05, 3.63) is 52.6 Å².